The molecule has 7 heteroatoms. The number of aliphatic hydroxyl groups is 1. The van der Waals surface area contributed by atoms with Crippen molar-refractivity contribution in [1.82, 2.24) is 19.7 Å². The molecule has 32 heavy (non-hydrogen) atoms. The van der Waals surface area contributed by atoms with Gasteiger partial charge in [-0.1, -0.05) is 42.5 Å². The second-order valence-corrected chi connectivity index (χ2v) is 7.43. The number of H-pyrrole nitrogens is 1. The number of nitrogens with zero attached hydrogens (tertiary/aromatic N) is 3. The van der Waals surface area contributed by atoms with E-state index >= 15 is 0 Å². The highest BCUT2D eigenvalue weighted by Crippen LogP contribution is 2.23. The molecule has 0 amide bonds. The van der Waals surface area contributed by atoms with Crippen molar-refractivity contribution in [2.75, 3.05) is 7.11 Å². The third kappa shape index (κ3) is 5.13. The second kappa shape index (κ2) is 9.78. The molecule has 0 aliphatic heterocycles. The van der Waals surface area contributed by atoms with E-state index < -0.39 is 5.78 Å². The summed E-state index contributed by atoms with van der Waals surface area (Å²) in [7, 11) is 1.64. The molecule has 162 valence electrons. The molecule has 0 spiro atoms. The van der Waals surface area contributed by atoms with Gasteiger partial charge in [0.2, 0.25) is 5.78 Å². The van der Waals surface area contributed by atoms with Crippen LogP contribution < -0.4 is 4.74 Å². The van der Waals surface area contributed by atoms with E-state index in [9.17, 15) is 9.90 Å². The third-order valence-corrected chi connectivity index (χ3v) is 5.20. The molecule has 0 radical (unpaired) electrons. The van der Waals surface area contributed by atoms with E-state index in [0.29, 0.717) is 12.1 Å². The highest BCUT2D eigenvalue weighted by atomic mass is 16.5. The van der Waals surface area contributed by atoms with Gasteiger partial charge in [-0.15, -0.1) is 0 Å². The van der Waals surface area contributed by atoms with E-state index in [1.165, 1.54) is 18.0 Å². The van der Waals surface area contributed by atoms with Gasteiger partial charge < -0.3 is 14.4 Å². The summed E-state index contributed by atoms with van der Waals surface area (Å²) >= 11 is 0. The number of hydrogen-bond acceptors (Lipinski definition) is 5. The van der Waals surface area contributed by atoms with Crippen molar-refractivity contribution in [2.24, 2.45) is 0 Å². The number of benzene rings is 2. The Morgan fingerprint density at radius 1 is 1.06 bits per heavy atom. The van der Waals surface area contributed by atoms with Crippen molar-refractivity contribution in [3.8, 4) is 5.75 Å². The van der Waals surface area contributed by atoms with Crippen LogP contribution in [0.3, 0.4) is 0 Å². The van der Waals surface area contributed by atoms with Gasteiger partial charge in [-0.3, -0.25) is 9.89 Å². The summed E-state index contributed by atoms with van der Waals surface area (Å²) < 4.78 is 7.24. The molecule has 2 aromatic heterocycles. The highest BCUT2D eigenvalue weighted by molar-refractivity contribution is 6.05. The number of aliphatic hydroxyl groups excluding tert-OH is 1. The number of carbonyl (C=O) groups excluding carboxylic acids is 1. The fourth-order valence-electron chi connectivity index (χ4n) is 3.54. The van der Waals surface area contributed by atoms with Crippen LogP contribution in [0.1, 0.15) is 32.9 Å². The number of aromatic nitrogens is 4. The third-order valence-electron chi connectivity index (χ3n) is 5.20. The monoisotopic (exact) mass is 428 g/mol. The summed E-state index contributed by atoms with van der Waals surface area (Å²) in [4.78, 5) is 16.2. The van der Waals surface area contributed by atoms with Gasteiger partial charge in [0, 0.05) is 30.6 Å². The fraction of sp³-hybridized carbons (Fsp3) is 0.160. The van der Waals surface area contributed by atoms with Crippen LogP contribution in [0, 0.1) is 0 Å². The first-order valence-electron chi connectivity index (χ1n) is 10.3. The molecule has 2 N–H and O–H groups in total. The van der Waals surface area contributed by atoms with Gasteiger partial charge in [-0.05, 0) is 41.7 Å². The Labute approximate surface area is 186 Å². The van der Waals surface area contributed by atoms with Crippen molar-refractivity contribution >= 4 is 11.5 Å². The van der Waals surface area contributed by atoms with Crippen molar-refractivity contribution < 1.29 is 14.6 Å². The molecule has 0 bridgehead atoms. The number of nitrogens with one attached hydrogen (secondary N) is 1. The number of carbonyl (C=O) groups is 1. The minimum Gasteiger partial charge on any atom is -0.507 e. The van der Waals surface area contributed by atoms with Gasteiger partial charge in [0.25, 0.3) is 0 Å². The molecule has 7 nitrogen and oxygen atoms in total. The summed E-state index contributed by atoms with van der Waals surface area (Å²) in [6.45, 7) is 0.631. The maximum absolute atomic E-state index is 12.3. The molecule has 0 aliphatic carbocycles. The molecular weight excluding hydrogens is 404 g/mol. The normalized spacial score (nSPS) is 11.5. The first kappa shape index (κ1) is 21.1. The molecule has 0 unspecified atom stereocenters. The SMILES string of the molecule is COc1ccc(Cn2cc(CCc3ccccc3)c(C(O)=CC(=O)c3ncn[nH]3)c2)cc1. The molecule has 4 rings (SSSR count). The Morgan fingerprint density at radius 3 is 2.53 bits per heavy atom. The molecule has 4 aromatic rings. The maximum atomic E-state index is 12.3. The van der Waals surface area contributed by atoms with E-state index in [1.54, 1.807) is 7.11 Å². The Balaban J connectivity index is 1.60. The van der Waals surface area contributed by atoms with Crippen LogP contribution in [0.25, 0.3) is 5.76 Å². The summed E-state index contributed by atoms with van der Waals surface area (Å²) in [6, 6.07) is 18.0. The molecule has 2 heterocycles. The molecule has 0 atom stereocenters. The van der Waals surface area contributed by atoms with E-state index in [0.717, 1.165) is 29.7 Å². The zero-order valence-electron chi connectivity index (χ0n) is 17.7. The zero-order chi connectivity index (χ0) is 22.3. The average molecular weight is 428 g/mol. The zero-order valence-corrected chi connectivity index (χ0v) is 17.7. The number of ether oxygens (including phenoxy) is 1. The van der Waals surface area contributed by atoms with Crippen molar-refractivity contribution in [3.63, 3.8) is 0 Å². The lowest BCUT2D eigenvalue weighted by Crippen LogP contribution is -2.00. The first-order chi connectivity index (χ1) is 15.6. The van der Waals surface area contributed by atoms with Crippen LogP contribution in [0.15, 0.2) is 79.4 Å². The number of rotatable bonds is 9. The van der Waals surface area contributed by atoms with E-state index in [1.807, 2.05) is 59.4 Å². The quantitative estimate of drug-likeness (QED) is 0.236. The summed E-state index contributed by atoms with van der Waals surface area (Å²) in [5, 5.41) is 17.0. The van der Waals surface area contributed by atoms with Crippen LogP contribution in [-0.4, -0.2) is 37.7 Å². The Kier molecular flexibility index (Phi) is 6.46. The second-order valence-electron chi connectivity index (χ2n) is 7.43. The van der Waals surface area contributed by atoms with Gasteiger partial charge in [0.05, 0.1) is 7.11 Å². The van der Waals surface area contributed by atoms with Crippen LogP contribution in [0.4, 0.5) is 0 Å². The predicted octanol–water partition coefficient (Wildman–Crippen LogP) is 4.23. The molecule has 0 aliphatic rings. The average Bonchev–Trinajstić information content (AvgIpc) is 3.49. The fourth-order valence-corrected chi connectivity index (χ4v) is 3.54. The Morgan fingerprint density at radius 2 is 1.84 bits per heavy atom. The van der Waals surface area contributed by atoms with Gasteiger partial charge in [0.15, 0.2) is 5.82 Å². The number of aromatic amines is 1. The van der Waals surface area contributed by atoms with Crippen molar-refractivity contribution in [2.45, 2.75) is 19.4 Å². The topological polar surface area (TPSA) is 93.0 Å². The van der Waals surface area contributed by atoms with Gasteiger partial charge in [-0.25, -0.2) is 4.98 Å². The Hall–Kier alpha value is -4.13. The summed E-state index contributed by atoms with van der Waals surface area (Å²) in [5.74, 6) is 0.358. The largest absolute Gasteiger partial charge is 0.507 e. The number of methoxy groups -OCH3 is 1. The highest BCUT2D eigenvalue weighted by Gasteiger charge is 2.15. The standard InChI is InChI=1S/C25H24N4O3/c1-32-21-11-8-19(9-12-21)14-29-15-20(10-7-18-5-3-2-4-6-18)22(16-29)23(30)13-24(31)25-26-17-27-28-25/h2-6,8-9,11-13,15-17,30H,7,10,14H2,1H3,(H,26,27,28). The maximum Gasteiger partial charge on any atom is 0.226 e. The summed E-state index contributed by atoms with van der Waals surface area (Å²) in [5.41, 5.74) is 3.90. The first-order valence-corrected chi connectivity index (χ1v) is 10.3. The lowest BCUT2D eigenvalue weighted by atomic mass is 10.0. The minimum absolute atomic E-state index is 0.0834. The molecule has 0 fully saturated rings. The van der Waals surface area contributed by atoms with E-state index in [4.69, 9.17) is 4.74 Å². The molecular formula is C25H24N4O3. The van der Waals surface area contributed by atoms with E-state index in [-0.39, 0.29) is 11.6 Å². The van der Waals surface area contributed by atoms with Gasteiger partial charge in [0.1, 0.15) is 17.8 Å². The van der Waals surface area contributed by atoms with Crippen molar-refractivity contribution in [1.29, 1.82) is 0 Å². The van der Waals surface area contributed by atoms with Crippen molar-refractivity contribution in [3.05, 3.63) is 107 Å². The Bertz CT molecular complexity index is 1190. The molecule has 0 saturated heterocycles. The number of aryl methyl sites for hydroxylation is 2. The van der Waals surface area contributed by atoms with Crippen LogP contribution in [0.2, 0.25) is 0 Å². The molecule has 2 aromatic carbocycles. The molecule has 0 saturated carbocycles. The minimum atomic E-state index is -0.433. The van der Waals surface area contributed by atoms with Gasteiger partial charge in [-0.2, -0.15) is 5.10 Å². The van der Waals surface area contributed by atoms with Crippen LogP contribution >= 0.6 is 0 Å². The lowest BCUT2D eigenvalue weighted by molar-refractivity contribution is 0.103. The number of allylic oxidation sites excluding steroid dienone is 1. The number of ketones is 1. The smallest absolute Gasteiger partial charge is 0.226 e. The predicted molar refractivity (Wildman–Crippen MR) is 122 cm³/mol. The van der Waals surface area contributed by atoms with E-state index in [2.05, 4.69) is 27.3 Å². The van der Waals surface area contributed by atoms with Gasteiger partial charge >= 0.3 is 0 Å². The number of hydrogen-bond donors (Lipinski definition) is 2. The van der Waals surface area contributed by atoms with Crippen LogP contribution in [-0.2, 0) is 19.4 Å². The lowest BCUT2D eigenvalue weighted by Gasteiger charge is -2.05. The van der Waals surface area contributed by atoms with Crippen LogP contribution in [0.5, 0.6) is 5.75 Å². The summed E-state index contributed by atoms with van der Waals surface area (Å²) in [6.07, 6.45) is 7.87.